The first kappa shape index (κ1) is 103. The average molecular weight is 1980 g/mol. The zero-order valence-electron chi connectivity index (χ0n) is 86.6. The van der Waals surface area contributed by atoms with Crippen molar-refractivity contribution in [1.29, 1.82) is 0 Å². The predicted molar refractivity (Wildman–Crippen MR) is 586 cm³/mol. The van der Waals surface area contributed by atoms with Gasteiger partial charge in [-0.05, 0) is 223 Å². The fourth-order valence-corrected chi connectivity index (χ4v) is 20.9. The van der Waals surface area contributed by atoms with E-state index in [-0.39, 0.29) is 53.6 Å². The number of para-hydroxylation sites is 4. The number of benzene rings is 8. The maximum absolute atomic E-state index is 13.0. The van der Waals surface area contributed by atoms with Gasteiger partial charge in [0.2, 0.25) is 11.8 Å². The standard InChI is InChI=1S/C32H40N6O.2C29H33N5O2.C28H32N6O2/c1-23(2)26-20-25-10-8-14-33-32(25)30(21-26)37-16-9-15-36(18-19-37)29(22-31(39)34-24(3)4)28-13-17-38(35-28)27-11-6-5-7-12-27;1-21-19-23-9-7-13-30-27(23)28(29(21)36-3)33-15-8-14-32(17-18-33)26(20-22(2)35)25-12-16-34(31-25)24-10-5-4-6-11-24;1-22(35)11-13-26(25-15-19-34(31-25)24-9-4-3-5-10-24)32-17-7-18-33(21-20-32)29-27(36-2)14-12-23-8-6-16-30-28(23)29;1-21(35)30-20-25(24-13-17-34(31-24)23-9-4-3-5-10-23)32-15-7-16-33(19-18-32)28-26(36-2)12-11-22-8-6-14-29-27(22)28/h5-8,10-14,17,20-21,23-24,29H,9,15-16,18-19,22H2,1-4H3,(H,34,39);4-7,9-13,16,19,26H,8,14-15,17-18,20H2,1-3H3;3-6,8-10,12,14-16,19,26H,7,11,13,17-18,20-21H2,1-2H3;3-6,8-14,17,25H,7,15-16,18-20H2,1-2H3,(H,30,35). The van der Waals surface area contributed by atoms with E-state index in [1.807, 2.05) is 234 Å². The molecule has 0 radical (unpaired) electrons. The van der Waals surface area contributed by atoms with Gasteiger partial charge in [-0.15, -0.1) is 0 Å². The molecule has 4 aliphatic heterocycles. The summed E-state index contributed by atoms with van der Waals surface area (Å²) in [6, 6.07) is 80.0. The second-order valence-electron chi connectivity index (χ2n) is 39.0. The van der Waals surface area contributed by atoms with Gasteiger partial charge in [0.05, 0.1) is 119 Å². The number of aromatic nitrogens is 12. The molecular weight excluding hydrogens is 1840 g/mol. The average Bonchev–Trinajstić information content (AvgIpc) is 1.57. The maximum Gasteiger partial charge on any atom is 0.222 e. The molecule has 4 atom stereocenters. The smallest absolute Gasteiger partial charge is 0.222 e. The number of nitrogens with zero attached hydrogens (tertiary/aromatic N) is 20. The van der Waals surface area contributed by atoms with Crippen molar-refractivity contribution in [3.05, 3.63) is 320 Å². The molecule has 8 aromatic carbocycles. The minimum atomic E-state index is -0.0921. The van der Waals surface area contributed by atoms with E-state index in [0.29, 0.717) is 31.7 Å². The number of carbonyl (C=O) groups excluding carboxylic acids is 4. The van der Waals surface area contributed by atoms with Crippen molar-refractivity contribution in [2.45, 2.75) is 143 Å². The third kappa shape index (κ3) is 25.7. The molecule has 147 heavy (non-hydrogen) atoms. The Morgan fingerprint density at radius 1 is 0.354 bits per heavy atom. The molecule has 16 aromatic rings. The molecule has 0 aliphatic carbocycles. The molecule has 2 amide bonds. The lowest BCUT2D eigenvalue weighted by atomic mass is 9.99. The van der Waals surface area contributed by atoms with Gasteiger partial charge in [0.25, 0.3) is 0 Å². The summed E-state index contributed by atoms with van der Waals surface area (Å²) in [6.45, 7) is 30.0. The van der Waals surface area contributed by atoms with Crippen LogP contribution in [0.1, 0.15) is 164 Å². The number of ether oxygens (including phenoxy) is 3. The molecule has 0 bridgehead atoms. The van der Waals surface area contributed by atoms with Crippen LogP contribution in [0.3, 0.4) is 0 Å². The normalized spacial score (nSPS) is 15.5. The number of amides is 2. The third-order valence-corrected chi connectivity index (χ3v) is 28.1. The topological polar surface area (TPSA) is 269 Å². The first-order chi connectivity index (χ1) is 71.7. The predicted octanol–water partition coefficient (Wildman–Crippen LogP) is 19.6. The lowest BCUT2D eigenvalue weighted by Crippen LogP contribution is -2.40. The fraction of sp³-hybridized carbons (Fsp3) is 0.356. The Kier molecular flexibility index (Phi) is 35.0. The Hall–Kier alpha value is -15.0. The molecule has 0 spiro atoms. The van der Waals surface area contributed by atoms with Crippen molar-refractivity contribution in [2.24, 2.45) is 0 Å². The number of pyridine rings is 4. The summed E-state index contributed by atoms with van der Waals surface area (Å²) in [5.74, 6) is 3.43. The van der Waals surface area contributed by atoms with Gasteiger partial charge in [0, 0.05) is 215 Å². The summed E-state index contributed by atoms with van der Waals surface area (Å²) >= 11 is 0. The number of hydrogen-bond donors (Lipinski definition) is 2. The van der Waals surface area contributed by atoms with E-state index < -0.39 is 0 Å². The highest BCUT2D eigenvalue weighted by molar-refractivity contribution is 5.97. The summed E-state index contributed by atoms with van der Waals surface area (Å²) in [5.41, 5.74) is 18.7. The number of hydrogen-bond acceptors (Lipinski definition) is 23. The Balaban J connectivity index is 0.000000134. The van der Waals surface area contributed by atoms with E-state index in [4.69, 9.17) is 49.6 Å². The van der Waals surface area contributed by atoms with E-state index in [9.17, 15) is 19.2 Å². The molecule has 4 saturated heterocycles. The van der Waals surface area contributed by atoms with Crippen molar-refractivity contribution >= 4 is 89.7 Å². The molecule has 2 N–H and O–H groups in total. The maximum atomic E-state index is 13.0. The van der Waals surface area contributed by atoms with Crippen molar-refractivity contribution in [3.8, 4) is 40.0 Å². The van der Waals surface area contributed by atoms with Gasteiger partial charge in [-0.2, -0.15) is 20.4 Å². The Morgan fingerprint density at radius 3 is 1.14 bits per heavy atom. The number of carbonyl (C=O) groups is 4. The van der Waals surface area contributed by atoms with E-state index in [1.165, 1.54) is 16.6 Å². The van der Waals surface area contributed by atoms with Crippen molar-refractivity contribution in [3.63, 3.8) is 0 Å². The van der Waals surface area contributed by atoms with Crippen LogP contribution in [0.5, 0.6) is 17.2 Å². The van der Waals surface area contributed by atoms with Gasteiger partial charge in [-0.3, -0.25) is 53.9 Å². The summed E-state index contributed by atoms with van der Waals surface area (Å²) < 4.78 is 25.0. The molecule has 0 saturated carbocycles. The summed E-state index contributed by atoms with van der Waals surface area (Å²) in [7, 11) is 5.17. The molecule has 20 rings (SSSR count). The van der Waals surface area contributed by atoms with E-state index >= 15 is 0 Å². The van der Waals surface area contributed by atoms with Crippen LogP contribution in [0.2, 0.25) is 0 Å². The number of methoxy groups -OCH3 is 3. The Morgan fingerprint density at radius 2 is 0.728 bits per heavy atom. The van der Waals surface area contributed by atoms with Crippen LogP contribution in [0, 0.1) is 6.92 Å². The number of aryl methyl sites for hydroxylation is 1. The van der Waals surface area contributed by atoms with E-state index in [2.05, 4.69) is 161 Å². The zero-order chi connectivity index (χ0) is 102. The summed E-state index contributed by atoms with van der Waals surface area (Å²) in [6.07, 6.45) is 21.5. The van der Waals surface area contributed by atoms with Crippen molar-refractivity contribution < 1.29 is 33.4 Å². The lowest BCUT2D eigenvalue weighted by molar-refractivity contribution is -0.123. The lowest BCUT2D eigenvalue weighted by Gasteiger charge is -2.30. The monoisotopic (exact) mass is 1980 g/mol. The molecule has 4 aliphatic rings. The van der Waals surface area contributed by atoms with Crippen LogP contribution in [0.4, 0.5) is 22.7 Å². The van der Waals surface area contributed by atoms with Gasteiger partial charge in [0.15, 0.2) is 0 Å². The van der Waals surface area contributed by atoms with Crippen molar-refractivity contribution in [2.75, 3.05) is 152 Å². The highest BCUT2D eigenvalue weighted by Gasteiger charge is 2.35. The fourth-order valence-electron chi connectivity index (χ4n) is 20.9. The first-order valence-electron chi connectivity index (χ1n) is 51.8. The largest absolute Gasteiger partial charge is 0.494 e. The minimum absolute atomic E-state index is 0.0219. The molecule has 29 heteroatoms. The number of anilines is 4. The number of rotatable bonds is 30. The summed E-state index contributed by atoms with van der Waals surface area (Å²) in [4.78, 5) is 87.3. The van der Waals surface area contributed by atoms with Gasteiger partial charge < -0.3 is 49.2 Å². The van der Waals surface area contributed by atoms with Gasteiger partial charge in [-0.25, -0.2) is 18.7 Å². The van der Waals surface area contributed by atoms with Gasteiger partial charge >= 0.3 is 0 Å². The molecule has 4 fully saturated rings. The SMILES string of the molecule is CC(C)NC(=O)CC(c1ccn(-c2ccccc2)n1)N1CCCN(c2cc(C(C)C)cc3cccnc23)CC1.COc1c(C)cc2cccnc2c1N1CCCN(C(CC(C)=O)c2ccn(-c3ccccc3)n2)CC1.COc1ccc2cccnc2c1N1CCCN(C(CCC(C)=O)c2ccn(-c3ccccc3)n2)CC1.COc1ccc2cccnc2c1N1CCCN(C(CNC(C)=O)c2ccn(-c3ccccc3)n2)CC1. The van der Waals surface area contributed by atoms with Crippen LogP contribution < -0.4 is 44.4 Å². The van der Waals surface area contributed by atoms with Gasteiger partial charge in [0.1, 0.15) is 45.9 Å². The van der Waals surface area contributed by atoms with Crippen LogP contribution in [0.15, 0.2) is 286 Å². The summed E-state index contributed by atoms with van der Waals surface area (Å²) in [5, 5.41) is 30.3. The number of ketones is 2. The quantitative estimate of drug-likeness (QED) is 0.0423. The van der Waals surface area contributed by atoms with Crippen LogP contribution >= 0.6 is 0 Å². The van der Waals surface area contributed by atoms with Crippen molar-refractivity contribution in [1.82, 2.24) is 89.3 Å². The molecular formula is C118H138N22O7. The highest BCUT2D eigenvalue weighted by atomic mass is 16.5. The number of fused-ring (bicyclic) bond motifs is 4. The zero-order valence-corrected chi connectivity index (χ0v) is 86.6. The second kappa shape index (κ2) is 49.7. The molecule has 762 valence electrons. The third-order valence-electron chi connectivity index (χ3n) is 28.1. The first-order valence-corrected chi connectivity index (χ1v) is 51.8. The molecule has 4 unspecified atom stereocenters. The minimum Gasteiger partial charge on any atom is -0.494 e. The molecule has 12 heterocycles. The second-order valence-corrected chi connectivity index (χ2v) is 39.0. The number of Topliss-reactive ketones (excluding diaryl/α,β-unsaturated/α-hetero) is 2. The van der Waals surface area contributed by atoms with Crippen LogP contribution in [-0.2, 0) is 19.2 Å². The number of nitrogens with one attached hydrogen (secondary N) is 2. The molecule has 29 nitrogen and oxygen atoms in total. The van der Waals surface area contributed by atoms with E-state index in [1.54, 1.807) is 42.1 Å². The van der Waals surface area contributed by atoms with E-state index in [0.717, 1.165) is 260 Å². The van der Waals surface area contributed by atoms with Gasteiger partial charge in [-0.1, -0.05) is 111 Å². The van der Waals surface area contributed by atoms with Crippen LogP contribution in [-0.4, -0.2) is 241 Å². The Bertz CT molecular complexity index is 6850. The molecule has 8 aromatic heterocycles. The van der Waals surface area contributed by atoms with Crippen LogP contribution in [0.25, 0.3) is 66.4 Å². The Labute approximate surface area is 862 Å². The highest BCUT2D eigenvalue weighted by Crippen LogP contribution is 2.43.